The van der Waals surface area contributed by atoms with Crippen molar-refractivity contribution < 1.29 is 9.53 Å². The van der Waals surface area contributed by atoms with Crippen molar-refractivity contribution in [2.24, 2.45) is 5.92 Å². The van der Waals surface area contributed by atoms with Crippen molar-refractivity contribution in [3.8, 4) is 0 Å². The van der Waals surface area contributed by atoms with Crippen molar-refractivity contribution in [3.05, 3.63) is 0 Å². The van der Waals surface area contributed by atoms with Crippen LogP contribution in [0.1, 0.15) is 32.6 Å². The van der Waals surface area contributed by atoms with Gasteiger partial charge in [0, 0.05) is 26.2 Å². The number of rotatable bonds is 4. The van der Waals surface area contributed by atoms with E-state index >= 15 is 0 Å². The number of nitrogens with zero attached hydrogens (tertiary/aromatic N) is 1. The molecular formula is C13H24N2O2. The number of piperidine rings is 1. The second kappa shape index (κ2) is 6.36. The molecule has 4 nitrogen and oxygen atoms in total. The highest BCUT2D eigenvalue weighted by Gasteiger charge is 2.24. The number of carbonyl (C=O) groups excluding carboxylic acids is 1. The molecular weight excluding hydrogens is 216 g/mol. The lowest BCUT2D eigenvalue weighted by Crippen LogP contribution is -2.42. The SMILES string of the molecule is CC1OCCC1CNCC(=O)N1CCCCC1. The summed E-state index contributed by atoms with van der Waals surface area (Å²) >= 11 is 0. The fourth-order valence-electron chi connectivity index (χ4n) is 2.66. The fraction of sp³-hybridized carbons (Fsp3) is 0.923. The first-order chi connectivity index (χ1) is 8.27. The Bertz CT molecular complexity index is 252. The van der Waals surface area contributed by atoms with E-state index in [0.717, 1.165) is 32.7 Å². The molecule has 2 aliphatic rings. The average Bonchev–Trinajstić information content (AvgIpc) is 2.76. The normalized spacial score (nSPS) is 29.6. The van der Waals surface area contributed by atoms with Gasteiger partial charge in [-0.05, 0) is 38.5 Å². The molecule has 0 aromatic rings. The number of hydrogen-bond acceptors (Lipinski definition) is 3. The van der Waals surface area contributed by atoms with Gasteiger partial charge >= 0.3 is 0 Å². The Labute approximate surface area is 104 Å². The summed E-state index contributed by atoms with van der Waals surface area (Å²) in [6.45, 7) is 6.27. The van der Waals surface area contributed by atoms with Crippen molar-refractivity contribution >= 4 is 5.91 Å². The summed E-state index contributed by atoms with van der Waals surface area (Å²) in [7, 11) is 0. The minimum absolute atomic E-state index is 0.260. The summed E-state index contributed by atoms with van der Waals surface area (Å²) in [5.74, 6) is 0.834. The molecule has 1 amide bonds. The van der Waals surface area contributed by atoms with Gasteiger partial charge in [-0.15, -0.1) is 0 Å². The van der Waals surface area contributed by atoms with E-state index in [0.29, 0.717) is 18.6 Å². The molecule has 2 unspecified atom stereocenters. The fourth-order valence-corrected chi connectivity index (χ4v) is 2.66. The molecule has 0 radical (unpaired) electrons. The van der Waals surface area contributed by atoms with E-state index in [4.69, 9.17) is 4.74 Å². The van der Waals surface area contributed by atoms with Gasteiger partial charge in [-0.25, -0.2) is 0 Å². The van der Waals surface area contributed by atoms with Crippen molar-refractivity contribution in [2.45, 2.75) is 38.7 Å². The molecule has 2 aliphatic heterocycles. The maximum Gasteiger partial charge on any atom is 0.236 e. The lowest BCUT2D eigenvalue weighted by molar-refractivity contribution is -0.131. The lowest BCUT2D eigenvalue weighted by Gasteiger charge is -2.27. The van der Waals surface area contributed by atoms with Crippen LogP contribution >= 0.6 is 0 Å². The van der Waals surface area contributed by atoms with Crippen molar-refractivity contribution in [1.82, 2.24) is 10.2 Å². The number of hydrogen-bond donors (Lipinski definition) is 1. The molecule has 4 heteroatoms. The number of nitrogens with one attached hydrogen (secondary N) is 1. The molecule has 0 saturated carbocycles. The molecule has 0 aromatic heterocycles. The highest BCUT2D eigenvalue weighted by atomic mass is 16.5. The number of ether oxygens (including phenoxy) is 1. The van der Waals surface area contributed by atoms with E-state index < -0.39 is 0 Å². The van der Waals surface area contributed by atoms with Crippen molar-refractivity contribution in [2.75, 3.05) is 32.8 Å². The van der Waals surface area contributed by atoms with Gasteiger partial charge in [0.2, 0.25) is 5.91 Å². The quantitative estimate of drug-likeness (QED) is 0.797. The Kier molecular flexibility index (Phi) is 4.80. The molecule has 2 fully saturated rings. The summed E-state index contributed by atoms with van der Waals surface area (Å²) in [5.41, 5.74) is 0. The lowest BCUT2D eigenvalue weighted by atomic mass is 10.0. The van der Waals surface area contributed by atoms with Crippen LogP contribution in [-0.2, 0) is 9.53 Å². The second-order valence-electron chi connectivity index (χ2n) is 5.20. The summed E-state index contributed by atoms with van der Waals surface area (Å²) < 4.78 is 5.50. The van der Waals surface area contributed by atoms with Gasteiger partial charge in [0.1, 0.15) is 0 Å². The van der Waals surface area contributed by atoms with Gasteiger partial charge < -0.3 is 15.0 Å². The van der Waals surface area contributed by atoms with E-state index in [1.165, 1.54) is 19.3 Å². The largest absolute Gasteiger partial charge is 0.378 e. The van der Waals surface area contributed by atoms with E-state index in [9.17, 15) is 4.79 Å². The smallest absolute Gasteiger partial charge is 0.236 e. The highest BCUT2D eigenvalue weighted by molar-refractivity contribution is 5.78. The zero-order valence-corrected chi connectivity index (χ0v) is 10.8. The van der Waals surface area contributed by atoms with Crippen LogP contribution < -0.4 is 5.32 Å². The molecule has 0 aliphatic carbocycles. The van der Waals surface area contributed by atoms with Crippen molar-refractivity contribution in [1.29, 1.82) is 0 Å². The topological polar surface area (TPSA) is 41.6 Å². The summed E-state index contributed by atoms with van der Waals surface area (Å²) in [4.78, 5) is 13.9. The Balaban J connectivity index is 1.62. The number of carbonyl (C=O) groups is 1. The Morgan fingerprint density at radius 2 is 2.12 bits per heavy atom. The van der Waals surface area contributed by atoms with Crippen molar-refractivity contribution in [3.63, 3.8) is 0 Å². The maximum atomic E-state index is 11.9. The summed E-state index contributed by atoms with van der Waals surface area (Å²) in [6.07, 6.45) is 5.06. The molecule has 2 atom stereocenters. The molecule has 0 aromatic carbocycles. The monoisotopic (exact) mass is 240 g/mol. The molecule has 2 rings (SSSR count). The predicted molar refractivity (Wildman–Crippen MR) is 66.8 cm³/mol. The minimum Gasteiger partial charge on any atom is -0.378 e. The summed E-state index contributed by atoms with van der Waals surface area (Å²) in [6, 6.07) is 0. The third-order valence-corrected chi connectivity index (χ3v) is 3.92. The zero-order valence-electron chi connectivity index (χ0n) is 10.8. The second-order valence-corrected chi connectivity index (χ2v) is 5.20. The van der Waals surface area contributed by atoms with Gasteiger partial charge in [-0.3, -0.25) is 4.79 Å². The first-order valence-corrected chi connectivity index (χ1v) is 6.87. The van der Waals surface area contributed by atoms with E-state index in [2.05, 4.69) is 12.2 Å². The summed E-state index contributed by atoms with van der Waals surface area (Å²) in [5, 5.41) is 3.28. The maximum absolute atomic E-state index is 11.9. The highest BCUT2D eigenvalue weighted by Crippen LogP contribution is 2.19. The van der Waals surface area contributed by atoms with Crippen LogP contribution in [0.3, 0.4) is 0 Å². The van der Waals surface area contributed by atoms with Crippen LogP contribution in [-0.4, -0.2) is 49.7 Å². The molecule has 17 heavy (non-hydrogen) atoms. The van der Waals surface area contributed by atoms with Crippen LogP contribution in [0.2, 0.25) is 0 Å². The first kappa shape index (κ1) is 12.8. The minimum atomic E-state index is 0.260. The Morgan fingerprint density at radius 1 is 1.35 bits per heavy atom. The standard InChI is InChI=1S/C13H24N2O2/c1-11-12(5-8-17-11)9-14-10-13(16)15-6-3-2-4-7-15/h11-12,14H,2-10H2,1H3. The number of amides is 1. The Hall–Kier alpha value is -0.610. The van der Waals surface area contributed by atoms with E-state index in [-0.39, 0.29) is 5.91 Å². The third-order valence-electron chi connectivity index (χ3n) is 3.92. The third kappa shape index (κ3) is 3.68. The first-order valence-electron chi connectivity index (χ1n) is 6.87. The predicted octanol–water partition coefficient (Wildman–Crippen LogP) is 1.01. The average molecular weight is 240 g/mol. The van der Waals surface area contributed by atoms with Gasteiger partial charge in [-0.1, -0.05) is 0 Å². The molecule has 0 spiro atoms. The van der Waals surface area contributed by atoms with Gasteiger partial charge in [0.25, 0.3) is 0 Å². The van der Waals surface area contributed by atoms with Gasteiger partial charge in [0.05, 0.1) is 12.6 Å². The van der Waals surface area contributed by atoms with Crippen LogP contribution in [0.15, 0.2) is 0 Å². The van der Waals surface area contributed by atoms with Crippen LogP contribution in [0.25, 0.3) is 0 Å². The van der Waals surface area contributed by atoms with Gasteiger partial charge in [0.15, 0.2) is 0 Å². The number of likely N-dealkylation sites (tertiary alicyclic amines) is 1. The van der Waals surface area contributed by atoms with Crippen LogP contribution in [0, 0.1) is 5.92 Å². The molecule has 0 bridgehead atoms. The van der Waals surface area contributed by atoms with Crippen LogP contribution in [0.4, 0.5) is 0 Å². The van der Waals surface area contributed by atoms with Gasteiger partial charge in [-0.2, -0.15) is 0 Å². The molecule has 2 saturated heterocycles. The van der Waals surface area contributed by atoms with Crippen LogP contribution in [0.5, 0.6) is 0 Å². The molecule has 98 valence electrons. The molecule has 1 N–H and O–H groups in total. The molecule has 2 heterocycles. The van der Waals surface area contributed by atoms with E-state index in [1.807, 2.05) is 4.90 Å². The zero-order chi connectivity index (χ0) is 12.1. The van der Waals surface area contributed by atoms with E-state index in [1.54, 1.807) is 0 Å². The Morgan fingerprint density at radius 3 is 2.76 bits per heavy atom.